The van der Waals surface area contributed by atoms with Gasteiger partial charge < -0.3 is 9.47 Å². The van der Waals surface area contributed by atoms with Crippen molar-refractivity contribution in [3.63, 3.8) is 0 Å². The Morgan fingerprint density at radius 1 is 0.870 bits per heavy atom. The van der Waals surface area contributed by atoms with Gasteiger partial charge in [0, 0.05) is 10.8 Å². The van der Waals surface area contributed by atoms with E-state index in [0.717, 1.165) is 29.2 Å². The van der Waals surface area contributed by atoms with E-state index in [1.165, 1.54) is 10.8 Å². The molecule has 0 N–H and O–H groups in total. The normalized spacial score (nSPS) is 10.6. The molecule has 3 rings (SSSR count). The van der Waals surface area contributed by atoms with Crippen LogP contribution < -0.4 is 19.0 Å². The quantitative estimate of drug-likeness (QED) is 0.679. The number of pyridine rings is 1. The summed E-state index contributed by atoms with van der Waals surface area (Å²) in [4.78, 5) is 5.49. The fourth-order valence-corrected chi connectivity index (χ4v) is 2.79. The molecule has 0 bridgehead atoms. The summed E-state index contributed by atoms with van der Waals surface area (Å²) < 4.78 is 12.5. The third-order valence-corrected chi connectivity index (χ3v) is 3.94. The number of methoxy groups -OCH3 is 2. The van der Waals surface area contributed by atoms with Crippen molar-refractivity contribution in [1.82, 2.24) is 0 Å². The Morgan fingerprint density at radius 2 is 1.65 bits per heavy atom. The summed E-state index contributed by atoms with van der Waals surface area (Å²) in [6.07, 6.45) is 2.67. The number of aromatic nitrogens is 1. The number of hydrogen-bond acceptors (Lipinski definition) is 3. The van der Waals surface area contributed by atoms with E-state index in [1.54, 1.807) is 26.1 Å². The largest absolute Gasteiger partial charge is 0.493 e. The Kier molecular flexibility index (Phi) is 4.33. The van der Waals surface area contributed by atoms with Crippen LogP contribution in [0.1, 0.15) is 11.3 Å². The monoisotopic (exact) mass is 310 g/mol. The molecule has 0 amide bonds. The lowest BCUT2D eigenvalue weighted by molar-refractivity contribution is -0.889. The van der Waals surface area contributed by atoms with Crippen LogP contribution in [-0.4, -0.2) is 21.3 Å². The van der Waals surface area contributed by atoms with Crippen LogP contribution in [0.3, 0.4) is 0 Å². The first-order valence-corrected chi connectivity index (χ1v) is 7.44. The highest BCUT2D eigenvalue weighted by molar-refractivity contribution is 5.83. The first kappa shape index (κ1) is 15.2. The number of benzene rings is 2. The third kappa shape index (κ3) is 2.93. The van der Waals surface area contributed by atoms with Crippen LogP contribution in [0.15, 0.2) is 54.7 Å². The van der Waals surface area contributed by atoms with Crippen LogP contribution in [0, 0.1) is 0 Å². The van der Waals surface area contributed by atoms with Crippen LogP contribution in [0.2, 0.25) is 0 Å². The van der Waals surface area contributed by atoms with Crippen molar-refractivity contribution in [3.05, 3.63) is 66.0 Å². The molecule has 23 heavy (non-hydrogen) atoms. The lowest BCUT2D eigenvalue weighted by atomic mass is 10.0. The summed E-state index contributed by atoms with van der Waals surface area (Å²) in [6, 6.07) is 16.3. The van der Waals surface area contributed by atoms with Crippen molar-refractivity contribution < 1.29 is 19.0 Å². The van der Waals surface area contributed by atoms with Gasteiger partial charge in [0.2, 0.25) is 11.9 Å². The van der Waals surface area contributed by atoms with Crippen molar-refractivity contribution >= 4 is 10.8 Å². The van der Waals surface area contributed by atoms with Gasteiger partial charge in [0.15, 0.2) is 11.5 Å². The molecule has 4 nitrogen and oxygen atoms in total. The van der Waals surface area contributed by atoms with Gasteiger partial charge in [0.1, 0.15) is 7.11 Å². The maximum Gasteiger partial charge on any atom is 0.246 e. The lowest BCUT2D eigenvalue weighted by Gasteiger charge is -2.09. The molecule has 0 atom stereocenters. The number of nitrogens with zero attached hydrogens (tertiary/aromatic N) is 1. The predicted octanol–water partition coefficient (Wildman–Crippen LogP) is 2.79. The molecule has 0 aliphatic carbocycles. The van der Waals surface area contributed by atoms with Gasteiger partial charge >= 0.3 is 0 Å². The van der Waals surface area contributed by atoms with Crippen LogP contribution in [-0.2, 0) is 6.42 Å². The van der Waals surface area contributed by atoms with E-state index >= 15 is 0 Å². The summed E-state index contributed by atoms with van der Waals surface area (Å²) >= 11 is 0. The molecule has 0 radical (unpaired) electrons. The summed E-state index contributed by atoms with van der Waals surface area (Å²) in [5, 5.41) is 2.36. The highest BCUT2D eigenvalue weighted by Crippen LogP contribution is 2.29. The molecule has 0 unspecified atom stereocenters. The molecular formula is C19H20NO3+. The SMILES string of the molecule is COc1ccc(Cc2c3ccccc3cc[n+]2OC)cc1OC. The summed E-state index contributed by atoms with van der Waals surface area (Å²) in [5.41, 5.74) is 2.22. The molecule has 4 heteroatoms. The molecule has 118 valence electrons. The fourth-order valence-electron chi connectivity index (χ4n) is 2.79. The zero-order valence-corrected chi connectivity index (χ0v) is 13.6. The molecule has 1 heterocycles. The Labute approximate surface area is 135 Å². The third-order valence-electron chi connectivity index (χ3n) is 3.94. The molecule has 3 aromatic rings. The van der Waals surface area contributed by atoms with Crippen molar-refractivity contribution in [3.8, 4) is 11.5 Å². The van der Waals surface area contributed by atoms with Gasteiger partial charge in [-0.15, -0.1) is 0 Å². The van der Waals surface area contributed by atoms with Gasteiger partial charge in [0.25, 0.3) is 0 Å². The predicted molar refractivity (Wildman–Crippen MR) is 89.0 cm³/mol. The molecule has 0 aliphatic heterocycles. The second kappa shape index (κ2) is 6.57. The van der Waals surface area contributed by atoms with E-state index in [2.05, 4.69) is 18.2 Å². The van der Waals surface area contributed by atoms with Gasteiger partial charge in [-0.1, -0.05) is 24.3 Å². The Morgan fingerprint density at radius 3 is 2.39 bits per heavy atom. The maximum absolute atomic E-state index is 5.49. The summed E-state index contributed by atoms with van der Waals surface area (Å²) in [5.74, 6) is 1.46. The number of hydrogen-bond donors (Lipinski definition) is 0. The second-order valence-corrected chi connectivity index (χ2v) is 5.22. The molecule has 0 saturated carbocycles. The first-order chi connectivity index (χ1) is 11.3. The Balaban J connectivity index is 2.07. The van der Waals surface area contributed by atoms with E-state index in [4.69, 9.17) is 14.3 Å². The molecule has 0 fully saturated rings. The first-order valence-electron chi connectivity index (χ1n) is 7.44. The van der Waals surface area contributed by atoms with Crippen LogP contribution in [0.25, 0.3) is 10.8 Å². The van der Waals surface area contributed by atoms with Crippen molar-refractivity contribution in [2.45, 2.75) is 6.42 Å². The van der Waals surface area contributed by atoms with E-state index in [9.17, 15) is 0 Å². The molecule has 0 spiro atoms. The second-order valence-electron chi connectivity index (χ2n) is 5.22. The van der Waals surface area contributed by atoms with E-state index in [0.29, 0.717) is 0 Å². The average molecular weight is 310 g/mol. The minimum absolute atomic E-state index is 0.730. The molecular weight excluding hydrogens is 290 g/mol. The standard InChI is InChI=1S/C19H20NO3/c1-21-18-9-8-14(13-19(18)22-2)12-17-16-7-5-4-6-15(16)10-11-20(17)23-3/h4-11,13H,12H2,1-3H3/q+1. The zero-order valence-electron chi connectivity index (χ0n) is 13.6. The molecule has 2 aromatic carbocycles. The van der Waals surface area contributed by atoms with Crippen molar-refractivity contribution in [1.29, 1.82) is 0 Å². The smallest absolute Gasteiger partial charge is 0.246 e. The number of fused-ring (bicyclic) bond motifs is 1. The van der Waals surface area contributed by atoms with Gasteiger partial charge in [-0.25, -0.2) is 0 Å². The number of rotatable bonds is 5. The van der Waals surface area contributed by atoms with Crippen molar-refractivity contribution in [2.24, 2.45) is 0 Å². The average Bonchev–Trinajstić information content (AvgIpc) is 2.61. The van der Waals surface area contributed by atoms with E-state index < -0.39 is 0 Å². The van der Waals surface area contributed by atoms with E-state index in [-0.39, 0.29) is 0 Å². The highest BCUT2D eigenvalue weighted by atomic mass is 16.6. The molecule has 0 saturated heterocycles. The zero-order chi connectivity index (χ0) is 16.2. The molecule has 0 aliphatic rings. The van der Waals surface area contributed by atoms with E-state index in [1.807, 2.05) is 36.5 Å². The van der Waals surface area contributed by atoms with Crippen LogP contribution in [0.4, 0.5) is 0 Å². The maximum atomic E-state index is 5.49. The van der Waals surface area contributed by atoms with Crippen molar-refractivity contribution in [2.75, 3.05) is 21.3 Å². The van der Waals surface area contributed by atoms with Gasteiger partial charge in [-0.2, -0.15) is 0 Å². The summed E-state index contributed by atoms with van der Waals surface area (Å²) in [6.45, 7) is 0. The van der Waals surface area contributed by atoms with Gasteiger partial charge in [-0.05, 0) is 29.1 Å². The topological polar surface area (TPSA) is 31.6 Å². The van der Waals surface area contributed by atoms with Crippen LogP contribution >= 0.6 is 0 Å². The van der Waals surface area contributed by atoms with Gasteiger partial charge in [0.05, 0.1) is 26.0 Å². The highest BCUT2D eigenvalue weighted by Gasteiger charge is 2.18. The minimum atomic E-state index is 0.730. The minimum Gasteiger partial charge on any atom is -0.493 e. The molecule has 1 aromatic heterocycles. The fraction of sp³-hybridized carbons (Fsp3) is 0.211. The number of ether oxygens (including phenoxy) is 2. The van der Waals surface area contributed by atoms with Gasteiger partial charge in [-0.3, -0.25) is 4.84 Å². The summed E-state index contributed by atoms with van der Waals surface area (Å²) in [7, 11) is 4.96. The van der Waals surface area contributed by atoms with Crippen LogP contribution in [0.5, 0.6) is 11.5 Å². The Hall–Kier alpha value is -2.75. The lowest BCUT2D eigenvalue weighted by Crippen LogP contribution is -2.44. The Bertz CT molecular complexity index is 830.